The second kappa shape index (κ2) is 19.2. The molecule has 3 aliphatic heterocycles. The van der Waals surface area contributed by atoms with E-state index in [0.717, 1.165) is 5.57 Å². The Morgan fingerprint density at radius 3 is 1.89 bits per heavy atom. The van der Waals surface area contributed by atoms with Crippen LogP contribution in [0.5, 0.6) is 0 Å². The highest BCUT2D eigenvalue weighted by Gasteiger charge is 2.74. The largest absolute Gasteiger partial charge is 0.394 e. The monoisotopic (exact) mass is 947 g/mol. The number of rotatable bonds is 12. The summed E-state index contributed by atoms with van der Waals surface area (Å²) in [6.45, 7) is 16.8. The van der Waals surface area contributed by atoms with Crippen molar-refractivity contribution in [3.8, 4) is 0 Å². The Kier molecular flexibility index (Phi) is 15.4. The van der Waals surface area contributed by atoms with Crippen molar-refractivity contribution < 1.29 is 89.7 Å². The summed E-state index contributed by atoms with van der Waals surface area (Å²) >= 11 is 0. The molecule has 7 fully saturated rings. The number of aliphatic hydroxyl groups is 12. The average Bonchev–Trinajstić information content (AvgIpc) is 3.64. The summed E-state index contributed by atoms with van der Waals surface area (Å²) in [7, 11) is 0. The number of allylic oxidation sites excluding steroid dienone is 2. The van der Waals surface area contributed by atoms with Crippen molar-refractivity contribution in [1.29, 1.82) is 0 Å². The van der Waals surface area contributed by atoms with Crippen molar-refractivity contribution in [2.75, 3.05) is 13.2 Å². The topological polar surface area (TPSA) is 298 Å². The van der Waals surface area contributed by atoms with Gasteiger partial charge in [-0.2, -0.15) is 0 Å². The van der Waals surface area contributed by atoms with Crippen molar-refractivity contribution in [1.82, 2.24) is 0 Å². The third kappa shape index (κ3) is 8.69. The van der Waals surface area contributed by atoms with E-state index in [0.29, 0.717) is 51.4 Å². The summed E-state index contributed by atoms with van der Waals surface area (Å²) in [5.74, 6) is -1.12. The summed E-state index contributed by atoms with van der Waals surface area (Å²) < 4.78 is 38.1. The van der Waals surface area contributed by atoms with E-state index in [1.165, 1.54) is 6.92 Å². The molecule has 26 atom stereocenters. The SMILES string of the molecule is CC(C)=CCC[C@](C)(OC1OC(CO)C(O)C(O)C1O)[C@@H]1CC[C@@]2(C)[C@H]1C(O)C[C@H]1[C@]3(C)CCC(O)C(C)(C)[C@H]3C(O[C@@H]3OC(CO)C(O)C(O)C3O[C@H]3OC(C)C(O)C(O)C3O)C[C@]12C. The van der Waals surface area contributed by atoms with E-state index in [4.69, 9.17) is 28.4 Å². The second-order valence-electron chi connectivity index (χ2n) is 23.0. The molecule has 0 aromatic heterocycles. The van der Waals surface area contributed by atoms with Gasteiger partial charge in [0.1, 0.15) is 67.1 Å². The first kappa shape index (κ1) is 52.8. The molecule has 382 valence electrons. The van der Waals surface area contributed by atoms with Crippen LogP contribution in [0.25, 0.3) is 0 Å². The Morgan fingerprint density at radius 1 is 0.682 bits per heavy atom. The maximum Gasteiger partial charge on any atom is 0.187 e. The summed E-state index contributed by atoms with van der Waals surface area (Å²) in [6, 6.07) is 0. The highest BCUT2D eigenvalue weighted by Crippen LogP contribution is 2.76. The molecule has 4 saturated carbocycles. The normalized spacial score (nSPS) is 53.5. The first-order valence-corrected chi connectivity index (χ1v) is 24.3. The number of aliphatic hydroxyl groups excluding tert-OH is 12. The first-order valence-electron chi connectivity index (χ1n) is 24.3. The molecule has 7 aliphatic rings. The number of hydrogen-bond acceptors (Lipinski definition) is 18. The van der Waals surface area contributed by atoms with Crippen molar-refractivity contribution >= 4 is 0 Å². The van der Waals surface area contributed by atoms with Gasteiger partial charge in [0.15, 0.2) is 18.9 Å². The van der Waals surface area contributed by atoms with Crippen molar-refractivity contribution in [2.45, 2.75) is 230 Å². The van der Waals surface area contributed by atoms with Gasteiger partial charge in [-0.3, -0.25) is 0 Å². The highest BCUT2D eigenvalue weighted by atomic mass is 16.8. The zero-order valence-corrected chi connectivity index (χ0v) is 40.2. The van der Waals surface area contributed by atoms with Crippen LogP contribution >= 0.6 is 0 Å². The summed E-state index contributed by atoms with van der Waals surface area (Å²) in [6.07, 6.45) is -18.3. The molecular formula is C48H82O18. The predicted octanol–water partition coefficient (Wildman–Crippen LogP) is -0.0284. The molecule has 18 nitrogen and oxygen atoms in total. The lowest BCUT2D eigenvalue weighted by molar-refractivity contribution is -0.382. The Morgan fingerprint density at radius 2 is 1.27 bits per heavy atom. The minimum Gasteiger partial charge on any atom is -0.394 e. The summed E-state index contributed by atoms with van der Waals surface area (Å²) in [5.41, 5.74) is -2.43. The maximum atomic E-state index is 12.7. The Bertz CT molecular complexity index is 1700. The van der Waals surface area contributed by atoms with Crippen molar-refractivity contribution in [2.24, 2.45) is 45.3 Å². The highest BCUT2D eigenvalue weighted by molar-refractivity contribution is 5.22. The van der Waals surface area contributed by atoms with Crippen LogP contribution in [0.2, 0.25) is 0 Å². The quantitative estimate of drug-likeness (QED) is 0.0904. The molecule has 3 saturated heterocycles. The van der Waals surface area contributed by atoms with Crippen LogP contribution in [0.4, 0.5) is 0 Å². The maximum absolute atomic E-state index is 12.7. The van der Waals surface area contributed by atoms with Crippen LogP contribution in [-0.2, 0) is 28.4 Å². The van der Waals surface area contributed by atoms with Crippen LogP contribution in [0.1, 0.15) is 114 Å². The van der Waals surface area contributed by atoms with Gasteiger partial charge in [-0.1, -0.05) is 46.3 Å². The molecule has 7 rings (SSSR count). The molecule has 16 unspecified atom stereocenters. The second-order valence-corrected chi connectivity index (χ2v) is 23.0. The van der Waals surface area contributed by atoms with Gasteiger partial charge in [0, 0.05) is 0 Å². The molecule has 0 amide bonds. The van der Waals surface area contributed by atoms with Gasteiger partial charge in [-0.15, -0.1) is 0 Å². The fraction of sp³-hybridized carbons (Fsp3) is 0.958. The Balaban J connectivity index is 1.27. The van der Waals surface area contributed by atoms with E-state index in [-0.39, 0.29) is 23.7 Å². The minimum atomic E-state index is -1.75. The molecule has 4 aliphatic carbocycles. The van der Waals surface area contributed by atoms with Crippen LogP contribution < -0.4 is 0 Å². The van der Waals surface area contributed by atoms with Gasteiger partial charge in [0.25, 0.3) is 0 Å². The predicted molar refractivity (Wildman–Crippen MR) is 234 cm³/mol. The zero-order chi connectivity index (χ0) is 48.8. The Hall–Kier alpha value is -0.980. The lowest BCUT2D eigenvalue weighted by atomic mass is 9.34. The fourth-order valence-electron chi connectivity index (χ4n) is 14.9. The molecule has 18 heteroatoms. The van der Waals surface area contributed by atoms with Crippen LogP contribution in [0.3, 0.4) is 0 Å². The zero-order valence-electron chi connectivity index (χ0n) is 40.2. The van der Waals surface area contributed by atoms with Gasteiger partial charge < -0.3 is 89.7 Å². The van der Waals surface area contributed by atoms with Crippen LogP contribution in [-0.4, -0.2) is 191 Å². The third-order valence-electron chi connectivity index (χ3n) is 18.7. The van der Waals surface area contributed by atoms with Gasteiger partial charge in [-0.05, 0) is 124 Å². The van der Waals surface area contributed by atoms with Gasteiger partial charge in [0.05, 0.1) is 43.2 Å². The van der Waals surface area contributed by atoms with E-state index in [2.05, 4.69) is 26.8 Å². The molecule has 0 bridgehead atoms. The van der Waals surface area contributed by atoms with Crippen molar-refractivity contribution in [3.05, 3.63) is 11.6 Å². The van der Waals surface area contributed by atoms with Gasteiger partial charge in [0.2, 0.25) is 0 Å². The summed E-state index contributed by atoms with van der Waals surface area (Å²) in [4.78, 5) is 0. The molecule has 12 N–H and O–H groups in total. The third-order valence-corrected chi connectivity index (χ3v) is 18.7. The molecule has 66 heavy (non-hydrogen) atoms. The molecule has 3 heterocycles. The van der Waals surface area contributed by atoms with Gasteiger partial charge >= 0.3 is 0 Å². The van der Waals surface area contributed by atoms with Crippen LogP contribution in [0, 0.1) is 45.3 Å². The molecule has 0 spiro atoms. The van der Waals surface area contributed by atoms with E-state index in [9.17, 15) is 61.3 Å². The van der Waals surface area contributed by atoms with E-state index >= 15 is 0 Å². The number of fused-ring (bicyclic) bond motifs is 5. The molecule has 0 aromatic rings. The number of ether oxygens (including phenoxy) is 6. The van der Waals surface area contributed by atoms with E-state index < -0.39 is 151 Å². The molecule has 0 radical (unpaired) electrons. The lowest BCUT2D eigenvalue weighted by Crippen LogP contribution is -2.71. The number of hydrogen-bond donors (Lipinski definition) is 12. The lowest BCUT2D eigenvalue weighted by Gasteiger charge is -2.72. The first-order chi connectivity index (χ1) is 30.7. The van der Waals surface area contributed by atoms with E-state index in [1.54, 1.807) is 0 Å². The Labute approximate surface area is 388 Å². The molecule has 0 aromatic carbocycles. The van der Waals surface area contributed by atoms with Gasteiger partial charge in [-0.25, -0.2) is 0 Å². The average molecular weight is 947 g/mol. The minimum absolute atomic E-state index is 0.0861. The van der Waals surface area contributed by atoms with Crippen molar-refractivity contribution in [3.63, 3.8) is 0 Å². The standard InChI is InChI=1S/C48H82O18/c1-21(2)11-10-14-48(9,66-42-38(60)35(57)32(54)26(19-49)63-42)23-12-16-46(7)30(23)24(51)17-28-45(6)15-13-29(52)44(4,5)40(45)25(18-47(28,46)8)62-43-39(36(58)33(55)27(20-50)64-43)65-41-37(59)34(56)31(53)22(3)61-41/h11,22-43,49-60H,10,12-20H2,1-9H3/t22?,23-,24?,25?,26?,27?,28+,29?,30-,31?,32?,33?,34?,35?,36?,37?,38?,39?,40-,41-,42?,43-,45+,46+,47-,48+/m1/s1. The summed E-state index contributed by atoms with van der Waals surface area (Å²) in [5, 5.41) is 132. The molecular weight excluding hydrogens is 865 g/mol. The smallest absolute Gasteiger partial charge is 0.187 e. The van der Waals surface area contributed by atoms with Crippen LogP contribution in [0.15, 0.2) is 11.6 Å². The fourth-order valence-corrected chi connectivity index (χ4v) is 14.9. The van der Waals surface area contributed by atoms with E-state index in [1.807, 2.05) is 34.6 Å².